The van der Waals surface area contributed by atoms with E-state index in [2.05, 4.69) is 43.4 Å². The Kier molecular flexibility index (Phi) is 6.24. The maximum Gasteiger partial charge on any atom is 0.237 e. The molecule has 1 saturated carbocycles. The molecule has 4 heteroatoms. The molecule has 0 saturated heterocycles. The average molecular weight is 311 g/mol. The maximum absolute atomic E-state index is 12.1. The molecular weight excluding hydrogens is 284 g/mol. The van der Waals surface area contributed by atoms with Gasteiger partial charge in [-0.15, -0.1) is 12.4 Å². The lowest BCUT2D eigenvalue weighted by Gasteiger charge is -2.22. The quantitative estimate of drug-likeness (QED) is 0.849. The summed E-state index contributed by atoms with van der Waals surface area (Å²) in [6.07, 6.45) is 3.23. The van der Waals surface area contributed by atoms with Gasteiger partial charge in [0.05, 0.1) is 6.04 Å². The summed E-state index contributed by atoms with van der Waals surface area (Å²) < 4.78 is 0. The van der Waals surface area contributed by atoms with Crippen LogP contribution in [-0.2, 0) is 10.2 Å². The first kappa shape index (κ1) is 18.0. The minimum Gasteiger partial charge on any atom is -0.354 e. The number of nitrogens with one attached hydrogen (secondary N) is 1. The van der Waals surface area contributed by atoms with Crippen LogP contribution in [0.2, 0.25) is 0 Å². The number of amides is 1. The van der Waals surface area contributed by atoms with E-state index in [-0.39, 0.29) is 29.6 Å². The Labute approximate surface area is 134 Å². The van der Waals surface area contributed by atoms with E-state index < -0.39 is 6.04 Å². The summed E-state index contributed by atoms with van der Waals surface area (Å²) in [4.78, 5) is 12.1. The van der Waals surface area contributed by atoms with Crippen LogP contribution in [-0.4, -0.2) is 18.5 Å². The molecule has 2 unspecified atom stereocenters. The summed E-state index contributed by atoms with van der Waals surface area (Å²) in [5, 5.41) is 3.06. The van der Waals surface area contributed by atoms with Crippen molar-refractivity contribution in [2.75, 3.05) is 6.54 Å². The molecule has 0 radical (unpaired) electrons. The molecule has 2 rings (SSSR count). The van der Waals surface area contributed by atoms with Crippen LogP contribution in [0.15, 0.2) is 24.3 Å². The van der Waals surface area contributed by atoms with E-state index in [0.29, 0.717) is 6.54 Å². The van der Waals surface area contributed by atoms with Gasteiger partial charge in [-0.2, -0.15) is 0 Å². The van der Waals surface area contributed by atoms with Crippen molar-refractivity contribution >= 4 is 18.3 Å². The average Bonchev–Trinajstić information content (AvgIpc) is 3.24. The van der Waals surface area contributed by atoms with Crippen molar-refractivity contribution in [1.29, 1.82) is 0 Å². The van der Waals surface area contributed by atoms with Gasteiger partial charge in [0.2, 0.25) is 5.91 Å². The lowest BCUT2D eigenvalue weighted by atomic mass is 9.91. The number of benzene rings is 1. The molecule has 1 aliphatic carbocycles. The van der Waals surface area contributed by atoms with Gasteiger partial charge in [0.25, 0.3) is 0 Å². The molecule has 0 spiro atoms. The van der Waals surface area contributed by atoms with Crippen LogP contribution >= 0.6 is 12.4 Å². The molecule has 1 amide bonds. The summed E-state index contributed by atoms with van der Waals surface area (Å²) in [7, 11) is 0. The minimum atomic E-state index is -0.396. The first-order valence-corrected chi connectivity index (χ1v) is 7.59. The fourth-order valence-electron chi connectivity index (χ4n) is 2.75. The van der Waals surface area contributed by atoms with Crippen molar-refractivity contribution in [2.45, 2.75) is 51.5 Å². The summed E-state index contributed by atoms with van der Waals surface area (Å²) in [5.41, 5.74) is 8.81. The van der Waals surface area contributed by atoms with Gasteiger partial charge in [0.15, 0.2) is 0 Å². The Hall–Kier alpha value is -1.06. The summed E-state index contributed by atoms with van der Waals surface area (Å²) in [6, 6.07) is 8.07. The number of rotatable bonds is 6. The molecule has 0 aromatic heterocycles. The lowest BCUT2D eigenvalue weighted by Crippen LogP contribution is -2.46. The zero-order chi connectivity index (χ0) is 14.8. The molecule has 3 nitrogen and oxygen atoms in total. The van der Waals surface area contributed by atoms with E-state index in [1.165, 1.54) is 11.1 Å². The third-order valence-corrected chi connectivity index (χ3v) is 4.73. The summed E-state index contributed by atoms with van der Waals surface area (Å²) >= 11 is 0. The van der Waals surface area contributed by atoms with Gasteiger partial charge in [0.1, 0.15) is 0 Å². The number of hydrogen-bond donors (Lipinski definition) is 2. The molecule has 1 fully saturated rings. The first-order valence-electron chi connectivity index (χ1n) is 7.59. The number of aryl methyl sites for hydroxylation is 1. The van der Waals surface area contributed by atoms with Crippen LogP contribution in [0.4, 0.5) is 0 Å². The lowest BCUT2D eigenvalue weighted by molar-refractivity contribution is -0.123. The molecule has 0 aliphatic heterocycles. The third kappa shape index (κ3) is 3.98. The van der Waals surface area contributed by atoms with Crippen molar-refractivity contribution in [1.82, 2.24) is 5.32 Å². The Morgan fingerprint density at radius 2 is 2.00 bits per heavy atom. The Morgan fingerprint density at radius 1 is 1.38 bits per heavy atom. The van der Waals surface area contributed by atoms with Gasteiger partial charge in [-0.05, 0) is 36.8 Å². The van der Waals surface area contributed by atoms with Crippen molar-refractivity contribution in [2.24, 2.45) is 11.7 Å². The van der Waals surface area contributed by atoms with Crippen molar-refractivity contribution in [3.05, 3.63) is 35.4 Å². The second kappa shape index (κ2) is 7.28. The fourth-order valence-corrected chi connectivity index (χ4v) is 2.75. The van der Waals surface area contributed by atoms with Gasteiger partial charge in [-0.3, -0.25) is 4.79 Å². The second-order valence-corrected chi connectivity index (χ2v) is 6.22. The number of halogens is 1. The largest absolute Gasteiger partial charge is 0.354 e. The van der Waals surface area contributed by atoms with Crippen LogP contribution in [0.1, 0.15) is 44.2 Å². The molecule has 1 aromatic carbocycles. The first-order chi connectivity index (χ1) is 9.50. The van der Waals surface area contributed by atoms with Gasteiger partial charge in [0, 0.05) is 12.0 Å². The molecule has 2 atom stereocenters. The zero-order valence-electron chi connectivity index (χ0n) is 13.2. The van der Waals surface area contributed by atoms with E-state index in [9.17, 15) is 4.79 Å². The number of carbonyl (C=O) groups is 1. The van der Waals surface area contributed by atoms with Gasteiger partial charge in [-0.1, -0.05) is 44.5 Å². The monoisotopic (exact) mass is 310 g/mol. The van der Waals surface area contributed by atoms with Crippen molar-refractivity contribution < 1.29 is 4.79 Å². The topological polar surface area (TPSA) is 55.1 Å². The zero-order valence-corrected chi connectivity index (χ0v) is 14.0. The van der Waals surface area contributed by atoms with Gasteiger partial charge in [-0.25, -0.2) is 0 Å². The number of nitrogens with two attached hydrogens (primary N) is 1. The predicted molar refractivity (Wildman–Crippen MR) is 89.8 cm³/mol. The minimum absolute atomic E-state index is 0. The molecule has 0 bridgehead atoms. The van der Waals surface area contributed by atoms with Crippen LogP contribution in [0.5, 0.6) is 0 Å². The number of carbonyl (C=O) groups excluding carboxylic acids is 1. The third-order valence-electron chi connectivity index (χ3n) is 4.73. The molecule has 0 heterocycles. The predicted octanol–water partition coefficient (Wildman–Crippen LogP) is 2.94. The maximum atomic E-state index is 12.1. The highest BCUT2D eigenvalue weighted by molar-refractivity contribution is 5.85. The van der Waals surface area contributed by atoms with E-state index in [4.69, 9.17) is 5.73 Å². The van der Waals surface area contributed by atoms with Crippen LogP contribution in [0.25, 0.3) is 0 Å². The normalized spacial score (nSPS) is 18.3. The van der Waals surface area contributed by atoms with Crippen LogP contribution in [0.3, 0.4) is 0 Å². The summed E-state index contributed by atoms with van der Waals surface area (Å²) in [5.74, 6) is 0.211. The molecular formula is C17H27ClN2O. The van der Waals surface area contributed by atoms with Crippen molar-refractivity contribution in [3.8, 4) is 0 Å². The highest BCUT2D eigenvalue weighted by atomic mass is 35.5. The molecule has 21 heavy (non-hydrogen) atoms. The van der Waals surface area contributed by atoms with E-state index in [1.54, 1.807) is 0 Å². The smallest absolute Gasteiger partial charge is 0.237 e. The van der Waals surface area contributed by atoms with Crippen molar-refractivity contribution in [3.63, 3.8) is 0 Å². The molecule has 118 valence electrons. The van der Waals surface area contributed by atoms with Gasteiger partial charge < -0.3 is 11.1 Å². The second-order valence-electron chi connectivity index (χ2n) is 6.22. The standard InChI is InChI=1S/C17H26N2O.ClH/c1-4-12(2)15(18)16(20)19-11-17(9-10-17)14-8-6-5-7-13(14)3;/h5-8,12,15H,4,9-11,18H2,1-3H3,(H,19,20);1H. The molecule has 1 aliphatic rings. The van der Waals surface area contributed by atoms with Crippen LogP contribution < -0.4 is 11.1 Å². The van der Waals surface area contributed by atoms with Gasteiger partial charge >= 0.3 is 0 Å². The van der Waals surface area contributed by atoms with Crippen LogP contribution in [0, 0.1) is 12.8 Å². The Balaban J connectivity index is 0.00000220. The number of hydrogen-bond acceptors (Lipinski definition) is 2. The highest BCUT2D eigenvalue weighted by Gasteiger charge is 2.45. The SMILES string of the molecule is CCC(C)C(N)C(=O)NCC1(c2ccccc2C)CC1.Cl. The fraction of sp³-hybridized carbons (Fsp3) is 0.588. The van der Waals surface area contributed by atoms with E-state index in [1.807, 2.05) is 6.92 Å². The summed E-state index contributed by atoms with van der Waals surface area (Å²) in [6.45, 7) is 6.94. The molecule has 3 N–H and O–H groups in total. The molecule has 1 aromatic rings. The van der Waals surface area contributed by atoms with E-state index in [0.717, 1.165) is 19.3 Å². The highest BCUT2D eigenvalue weighted by Crippen LogP contribution is 2.48. The Bertz CT molecular complexity index is 485. The van der Waals surface area contributed by atoms with E-state index >= 15 is 0 Å². The Morgan fingerprint density at radius 3 is 2.52 bits per heavy atom.